The van der Waals surface area contributed by atoms with Gasteiger partial charge < -0.3 is 0 Å². The molecule has 20 heavy (non-hydrogen) atoms. The van der Waals surface area contributed by atoms with Gasteiger partial charge >= 0.3 is 0 Å². The van der Waals surface area contributed by atoms with Crippen molar-refractivity contribution in [1.29, 1.82) is 0 Å². The van der Waals surface area contributed by atoms with Gasteiger partial charge in [0.1, 0.15) is 0 Å². The largest absolute Gasteiger partial charge is 0.278 e. The second kappa shape index (κ2) is 4.40. The number of imide groups is 1. The Morgan fingerprint density at radius 2 is 2.00 bits per heavy atom. The van der Waals surface area contributed by atoms with Gasteiger partial charge in [-0.05, 0) is 17.7 Å². The van der Waals surface area contributed by atoms with Gasteiger partial charge in [-0.1, -0.05) is 32.0 Å². The van der Waals surface area contributed by atoms with E-state index < -0.39 is 5.41 Å². The van der Waals surface area contributed by atoms with Gasteiger partial charge in [0.25, 0.3) is 0 Å². The molecule has 0 spiro atoms. The van der Waals surface area contributed by atoms with Crippen LogP contribution in [0.15, 0.2) is 36.5 Å². The fraction of sp³-hybridized carbons (Fsp3) is 0.312. The number of aromatic nitrogens is 1. The first-order valence-corrected chi connectivity index (χ1v) is 6.66. The summed E-state index contributed by atoms with van der Waals surface area (Å²) >= 11 is 0. The molecule has 1 aromatic heterocycles. The highest BCUT2D eigenvalue weighted by Gasteiger charge is 2.44. The number of carbonyl (C=O) groups is 2. The number of benzene rings is 1. The van der Waals surface area contributed by atoms with E-state index in [4.69, 9.17) is 0 Å². The van der Waals surface area contributed by atoms with Crippen molar-refractivity contribution in [1.82, 2.24) is 9.88 Å². The van der Waals surface area contributed by atoms with Crippen LogP contribution in [0.1, 0.15) is 25.8 Å². The molecule has 0 radical (unpaired) electrons. The predicted octanol–water partition coefficient (Wildman–Crippen LogP) is 2.52. The van der Waals surface area contributed by atoms with Crippen LogP contribution in [0.25, 0.3) is 10.9 Å². The minimum atomic E-state index is -0.582. The minimum absolute atomic E-state index is 0.101. The third-order valence-corrected chi connectivity index (χ3v) is 3.71. The maximum absolute atomic E-state index is 12.2. The highest BCUT2D eigenvalue weighted by molar-refractivity contribution is 6.05. The standard InChI is InChI=1S/C16H16N2O2/c1-16(2)8-14(19)18(15(16)20)10-11-7-12-5-3-4-6-13(12)17-9-11/h3-7,9H,8,10H2,1-2H3. The van der Waals surface area contributed by atoms with E-state index in [0.29, 0.717) is 6.54 Å². The summed E-state index contributed by atoms with van der Waals surface area (Å²) < 4.78 is 0. The SMILES string of the molecule is CC1(C)CC(=O)N(Cc2cnc3ccccc3c2)C1=O. The summed E-state index contributed by atoms with van der Waals surface area (Å²) in [7, 11) is 0. The van der Waals surface area contributed by atoms with Gasteiger partial charge in [0.15, 0.2) is 0 Å². The Morgan fingerprint density at radius 1 is 1.25 bits per heavy atom. The summed E-state index contributed by atoms with van der Waals surface area (Å²) in [4.78, 5) is 29.8. The van der Waals surface area contributed by atoms with E-state index in [9.17, 15) is 9.59 Å². The Bertz CT molecular complexity index is 706. The topological polar surface area (TPSA) is 50.3 Å². The molecule has 1 aliphatic heterocycles. The van der Waals surface area contributed by atoms with Crippen LogP contribution in [0.4, 0.5) is 0 Å². The van der Waals surface area contributed by atoms with Crippen molar-refractivity contribution >= 4 is 22.7 Å². The van der Waals surface area contributed by atoms with Crippen LogP contribution in [0, 0.1) is 5.41 Å². The van der Waals surface area contributed by atoms with Gasteiger partial charge in [-0.3, -0.25) is 19.5 Å². The summed E-state index contributed by atoms with van der Waals surface area (Å²) in [5.74, 6) is -0.205. The quantitative estimate of drug-likeness (QED) is 0.786. The zero-order valence-corrected chi connectivity index (χ0v) is 11.6. The number of carbonyl (C=O) groups excluding carboxylic acids is 2. The highest BCUT2D eigenvalue weighted by Crippen LogP contribution is 2.32. The van der Waals surface area contributed by atoms with Crippen molar-refractivity contribution < 1.29 is 9.59 Å². The first-order chi connectivity index (χ1) is 9.47. The van der Waals surface area contributed by atoms with E-state index in [2.05, 4.69) is 4.98 Å². The Balaban J connectivity index is 1.90. The molecule has 0 saturated carbocycles. The van der Waals surface area contributed by atoms with E-state index in [1.54, 1.807) is 6.20 Å². The summed E-state index contributed by atoms with van der Waals surface area (Å²) in [5.41, 5.74) is 1.21. The molecular formula is C16H16N2O2. The number of amides is 2. The summed E-state index contributed by atoms with van der Waals surface area (Å²) in [6.45, 7) is 3.93. The molecule has 0 bridgehead atoms. The van der Waals surface area contributed by atoms with Crippen molar-refractivity contribution in [2.45, 2.75) is 26.8 Å². The molecule has 2 amide bonds. The van der Waals surface area contributed by atoms with Crippen molar-refractivity contribution in [2.75, 3.05) is 0 Å². The van der Waals surface area contributed by atoms with Crippen molar-refractivity contribution in [2.24, 2.45) is 5.41 Å². The van der Waals surface area contributed by atoms with Gasteiger partial charge in [0.2, 0.25) is 11.8 Å². The molecule has 3 rings (SSSR count). The Kier molecular flexibility index (Phi) is 2.82. The first-order valence-electron chi connectivity index (χ1n) is 6.66. The van der Waals surface area contributed by atoms with E-state index in [0.717, 1.165) is 16.5 Å². The smallest absolute Gasteiger partial charge is 0.235 e. The molecule has 2 aromatic rings. The molecule has 102 valence electrons. The Labute approximate surface area is 117 Å². The lowest BCUT2D eigenvalue weighted by atomic mass is 9.92. The molecule has 1 aliphatic rings. The molecule has 1 aromatic carbocycles. The van der Waals surface area contributed by atoms with Crippen LogP contribution in [0.3, 0.4) is 0 Å². The molecule has 0 aliphatic carbocycles. The van der Waals surface area contributed by atoms with Crippen molar-refractivity contribution in [3.63, 3.8) is 0 Å². The number of hydrogen-bond acceptors (Lipinski definition) is 3. The molecule has 1 saturated heterocycles. The van der Waals surface area contributed by atoms with E-state index in [-0.39, 0.29) is 18.2 Å². The number of fused-ring (bicyclic) bond motifs is 1. The van der Waals surface area contributed by atoms with Crippen LogP contribution in [0.5, 0.6) is 0 Å². The molecule has 2 heterocycles. The van der Waals surface area contributed by atoms with Crippen molar-refractivity contribution in [3.05, 3.63) is 42.1 Å². The van der Waals surface area contributed by atoms with Crippen molar-refractivity contribution in [3.8, 4) is 0 Å². The number of likely N-dealkylation sites (tertiary alicyclic amines) is 1. The maximum atomic E-state index is 12.2. The Hall–Kier alpha value is -2.23. The third kappa shape index (κ3) is 2.07. The maximum Gasteiger partial charge on any atom is 0.235 e. The second-order valence-corrected chi connectivity index (χ2v) is 5.88. The van der Waals surface area contributed by atoms with Gasteiger partial charge in [0.05, 0.1) is 17.5 Å². The van der Waals surface area contributed by atoms with Gasteiger partial charge in [-0.25, -0.2) is 0 Å². The number of nitrogens with zero attached hydrogens (tertiary/aromatic N) is 2. The number of para-hydroxylation sites is 1. The monoisotopic (exact) mass is 268 g/mol. The van der Waals surface area contributed by atoms with E-state index in [1.807, 2.05) is 44.2 Å². The normalized spacial score (nSPS) is 18.0. The molecule has 1 fully saturated rings. The fourth-order valence-corrected chi connectivity index (χ4v) is 2.57. The van der Waals surface area contributed by atoms with Crippen LogP contribution in [-0.2, 0) is 16.1 Å². The Morgan fingerprint density at radius 3 is 2.70 bits per heavy atom. The average molecular weight is 268 g/mol. The van der Waals surface area contributed by atoms with Gasteiger partial charge in [0, 0.05) is 18.0 Å². The van der Waals surface area contributed by atoms with Crippen LogP contribution in [0.2, 0.25) is 0 Å². The van der Waals surface area contributed by atoms with E-state index >= 15 is 0 Å². The summed E-state index contributed by atoms with van der Waals surface area (Å²) in [5, 5.41) is 1.02. The second-order valence-electron chi connectivity index (χ2n) is 5.88. The summed E-state index contributed by atoms with van der Waals surface area (Å²) in [6, 6.07) is 9.78. The molecule has 4 nitrogen and oxygen atoms in total. The zero-order chi connectivity index (χ0) is 14.3. The average Bonchev–Trinajstić information content (AvgIpc) is 2.61. The number of hydrogen-bond donors (Lipinski definition) is 0. The molecule has 4 heteroatoms. The van der Waals surface area contributed by atoms with Crippen LogP contribution in [-0.4, -0.2) is 21.7 Å². The fourth-order valence-electron chi connectivity index (χ4n) is 2.57. The summed E-state index contributed by atoms with van der Waals surface area (Å²) in [6.07, 6.45) is 2.01. The van der Waals surface area contributed by atoms with E-state index in [1.165, 1.54) is 4.90 Å². The van der Waals surface area contributed by atoms with Crippen LogP contribution < -0.4 is 0 Å². The lowest BCUT2D eigenvalue weighted by Gasteiger charge is -2.17. The zero-order valence-electron chi connectivity index (χ0n) is 11.6. The van der Waals surface area contributed by atoms with Gasteiger partial charge in [-0.15, -0.1) is 0 Å². The molecule has 0 atom stereocenters. The minimum Gasteiger partial charge on any atom is -0.278 e. The molecule has 0 N–H and O–H groups in total. The first kappa shape index (κ1) is 12.8. The molecule has 0 unspecified atom stereocenters. The number of pyridine rings is 1. The lowest BCUT2D eigenvalue weighted by molar-refractivity contribution is -0.141. The molecular weight excluding hydrogens is 252 g/mol. The third-order valence-electron chi connectivity index (χ3n) is 3.71. The van der Waals surface area contributed by atoms with Crippen LogP contribution >= 0.6 is 0 Å². The predicted molar refractivity (Wildman–Crippen MR) is 75.7 cm³/mol. The number of rotatable bonds is 2. The lowest BCUT2D eigenvalue weighted by Crippen LogP contribution is -2.32. The highest BCUT2D eigenvalue weighted by atomic mass is 16.2. The van der Waals surface area contributed by atoms with Gasteiger partial charge in [-0.2, -0.15) is 0 Å².